The summed E-state index contributed by atoms with van der Waals surface area (Å²) in [5, 5.41) is 0.784. The van der Waals surface area contributed by atoms with Gasteiger partial charge in [0.1, 0.15) is 11.6 Å². The SMILES string of the molecule is Cc1ccc(S(=O)(=O)N2CCN(c3nc(Cc4ccc(F)cc4)ns3)CC2C)cc1. The zero-order valence-corrected chi connectivity index (χ0v) is 18.5. The van der Waals surface area contributed by atoms with Crippen LogP contribution >= 0.6 is 11.5 Å². The summed E-state index contributed by atoms with van der Waals surface area (Å²) in [6.07, 6.45) is 0.536. The normalized spacial score (nSPS) is 18.0. The first-order chi connectivity index (χ1) is 14.3. The van der Waals surface area contributed by atoms with Gasteiger partial charge in [-0.25, -0.2) is 17.8 Å². The number of nitrogens with zero attached hydrogens (tertiary/aromatic N) is 4. The molecule has 0 saturated carbocycles. The molecular formula is C21H23FN4O2S2. The summed E-state index contributed by atoms with van der Waals surface area (Å²) in [6, 6.07) is 13.1. The molecule has 9 heteroatoms. The van der Waals surface area contributed by atoms with Crippen molar-refractivity contribution in [3.05, 3.63) is 71.3 Å². The Morgan fingerprint density at radius 3 is 2.47 bits per heavy atom. The fraction of sp³-hybridized carbons (Fsp3) is 0.333. The number of sulfonamides is 1. The van der Waals surface area contributed by atoms with Crippen molar-refractivity contribution in [1.82, 2.24) is 13.7 Å². The van der Waals surface area contributed by atoms with Gasteiger partial charge in [-0.15, -0.1) is 0 Å². The van der Waals surface area contributed by atoms with E-state index in [1.165, 1.54) is 23.7 Å². The fourth-order valence-electron chi connectivity index (χ4n) is 3.55. The van der Waals surface area contributed by atoms with Crippen LogP contribution in [0.15, 0.2) is 53.4 Å². The topological polar surface area (TPSA) is 66.4 Å². The van der Waals surface area contributed by atoms with Gasteiger partial charge in [0.25, 0.3) is 0 Å². The molecule has 4 rings (SSSR count). The lowest BCUT2D eigenvalue weighted by atomic mass is 10.1. The molecule has 2 aromatic carbocycles. The Labute approximate surface area is 180 Å². The average Bonchev–Trinajstić information content (AvgIpc) is 3.18. The van der Waals surface area contributed by atoms with Gasteiger partial charge in [0, 0.05) is 43.6 Å². The highest BCUT2D eigenvalue weighted by atomic mass is 32.2. The Kier molecular flexibility index (Phi) is 5.86. The fourth-order valence-corrected chi connectivity index (χ4v) is 5.88. The van der Waals surface area contributed by atoms with Crippen LogP contribution in [0, 0.1) is 12.7 Å². The molecule has 3 aromatic rings. The maximum absolute atomic E-state index is 13.1. The second-order valence-corrected chi connectivity index (χ2v) is 10.1. The highest BCUT2D eigenvalue weighted by molar-refractivity contribution is 7.89. The molecule has 1 saturated heterocycles. The van der Waals surface area contributed by atoms with E-state index in [2.05, 4.69) is 14.3 Å². The second-order valence-electron chi connectivity index (χ2n) is 7.52. The van der Waals surface area contributed by atoms with Crippen LogP contribution in [0.25, 0.3) is 0 Å². The summed E-state index contributed by atoms with van der Waals surface area (Å²) in [5.41, 5.74) is 1.97. The van der Waals surface area contributed by atoms with Crippen molar-refractivity contribution in [2.24, 2.45) is 0 Å². The highest BCUT2D eigenvalue weighted by Gasteiger charge is 2.34. The molecule has 1 aliphatic heterocycles. The second kappa shape index (κ2) is 8.41. The van der Waals surface area contributed by atoms with Gasteiger partial charge in [0.2, 0.25) is 15.2 Å². The molecule has 1 fully saturated rings. The van der Waals surface area contributed by atoms with Gasteiger partial charge in [-0.2, -0.15) is 8.68 Å². The molecule has 30 heavy (non-hydrogen) atoms. The first-order valence-electron chi connectivity index (χ1n) is 9.73. The predicted octanol–water partition coefficient (Wildman–Crippen LogP) is 3.48. The van der Waals surface area contributed by atoms with Gasteiger partial charge in [-0.05, 0) is 43.7 Å². The lowest BCUT2D eigenvalue weighted by molar-refractivity contribution is 0.306. The van der Waals surface area contributed by atoms with E-state index < -0.39 is 10.0 Å². The van der Waals surface area contributed by atoms with Crippen LogP contribution in [0.1, 0.15) is 23.9 Å². The van der Waals surface area contributed by atoms with Crippen molar-refractivity contribution in [2.75, 3.05) is 24.5 Å². The third kappa shape index (κ3) is 4.38. The Bertz CT molecular complexity index is 1110. The number of aryl methyl sites for hydroxylation is 1. The standard InChI is InChI=1S/C21H23FN4O2S2/c1-15-3-9-19(10-4-15)30(27,28)26-12-11-25(14-16(26)2)21-23-20(24-29-21)13-17-5-7-18(22)8-6-17/h3-10,16H,11-14H2,1-2H3. The summed E-state index contributed by atoms with van der Waals surface area (Å²) in [6.45, 7) is 5.35. The van der Waals surface area contributed by atoms with Crippen LogP contribution in [-0.2, 0) is 16.4 Å². The van der Waals surface area contributed by atoms with E-state index in [0.29, 0.717) is 36.8 Å². The Balaban J connectivity index is 1.44. The number of anilines is 1. The lowest BCUT2D eigenvalue weighted by Gasteiger charge is -2.38. The Hall–Kier alpha value is -2.36. The van der Waals surface area contributed by atoms with E-state index in [0.717, 1.165) is 16.3 Å². The van der Waals surface area contributed by atoms with E-state index in [4.69, 9.17) is 0 Å². The summed E-state index contributed by atoms with van der Waals surface area (Å²) < 4.78 is 45.1. The van der Waals surface area contributed by atoms with Crippen molar-refractivity contribution >= 4 is 26.7 Å². The van der Waals surface area contributed by atoms with Crippen molar-refractivity contribution in [2.45, 2.75) is 31.2 Å². The van der Waals surface area contributed by atoms with E-state index in [1.807, 2.05) is 26.0 Å². The van der Waals surface area contributed by atoms with Gasteiger partial charge >= 0.3 is 0 Å². The minimum atomic E-state index is -3.53. The van der Waals surface area contributed by atoms with Gasteiger partial charge in [0.05, 0.1) is 4.90 Å². The first kappa shape index (κ1) is 20.9. The first-order valence-corrected chi connectivity index (χ1v) is 11.9. The maximum Gasteiger partial charge on any atom is 0.243 e. The van der Waals surface area contributed by atoms with Crippen molar-refractivity contribution < 1.29 is 12.8 Å². The van der Waals surface area contributed by atoms with Gasteiger partial charge in [-0.1, -0.05) is 29.8 Å². The number of benzene rings is 2. The van der Waals surface area contributed by atoms with Crippen LogP contribution in [-0.4, -0.2) is 47.8 Å². The molecule has 1 aliphatic rings. The number of hydrogen-bond donors (Lipinski definition) is 0. The molecule has 2 heterocycles. The molecule has 0 amide bonds. The molecule has 0 N–H and O–H groups in total. The molecule has 1 aromatic heterocycles. The summed E-state index contributed by atoms with van der Waals surface area (Å²) >= 11 is 1.31. The minimum Gasteiger partial charge on any atom is -0.344 e. The summed E-state index contributed by atoms with van der Waals surface area (Å²) in [4.78, 5) is 7.02. The number of aromatic nitrogens is 2. The lowest BCUT2D eigenvalue weighted by Crippen LogP contribution is -2.54. The minimum absolute atomic E-state index is 0.186. The molecule has 0 radical (unpaired) electrons. The number of hydrogen-bond acceptors (Lipinski definition) is 6. The van der Waals surface area contributed by atoms with Crippen molar-refractivity contribution in [1.29, 1.82) is 0 Å². The molecule has 1 atom stereocenters. The Morgan fingerprint density at radius 2 is 1.80 bits per heavy atom. The quantitative estimate of drug-likeness (QED) is 0.600. The third-order valence-electron chi connectivity index (χ3n) is 5.20. The van der Waals surface area contributed by atoms with Crippen molar-refractivity contribution in [3.63, 3.8) is 0 Å². The van der Waals surface area contributed by atoms with Crippen LogP contribution in [0.3, 0.4) is 0 Å². The monoisotopic (exact) mass is 446 g/mol. The summed E-state index contributed by atoms with van der Waals surface area (Å²) in [5.74, 6) is 0.419. The zero-order chi connectivity index (χ0) is 21.3. The highest BCUT2D eigenvalue weighted by Crippen LogP contribution is 2.26. The van der Waals surface area contributed by atoms with E-state index >= 15 is 0 Å². The van der Waals surface area contributed by atoms with Crippen LogP contribution in [0.2, 0.25) is 0 Å². The molecule has 158 valence electrons. The summed E-state index contributed by atoms with van der Waals surface area (Å²) in [7, 11) is -3.53. The van der Waals surface area contributed by atoms with Crippen LogP contribution in [0.4, 0.5) is 9.52 Å². The van der Waals surface area contributed by atoms with E-state index in [1.54, 1.807) is 28.6 Å². The smallest absolute Gasteiger partial charge is 0.243 e. The average molecular weight is 447 g/mol. The van der Waals surface area contributed by atoms with Crippen LogP contribution < -0.4 is 4.90 Å². The molecule has 1 unspecified atom stereocenters. The number of halogens is 1. The molecular weight excluding hydrogens is 423 g/mol. The van der Waals surface area contributed by atoms with E-state index in [-0.39, 0.29) is 11.9 Å². The Morgan fingerprint density at radius 1 is 1.10 bits per heavy atom. The molecule has 0 bridgehead atoms. The maximum atomic E-state index is 13.1. The van der Waals surface area contributed by atoms with E-state index in [9.17, 15) is 12.8 Å². The van der Waals surface area contributed by atoms with Crippen LogP contribution in [0.5, 0.6) is 0 Å². The van der Waals surface area contributed by atoms with Crippen molar-refractivity contribution in [3.8, 4) is 0 Å². The molecule has 6 nitrogen and oxygen atoms in total. The largest absolute Gasteiger partial charge is 0.344 e. The third-order valence-corrected chi connectivity index (χ3v) is 8.04. The molecule has 0 spiro atoms. The predicted molar refractivity (Wildman–Crippen MR) is 116 cm³/mol. The van der Waals surface area contributed by atoms with Gasteiger partial charge in [0.15, 0.2) is 0 Å². The number of piperazine rings is 1. The zero-order valence-electron chi connectivity index (χ0n) is 16.8. The molecule has 0 aliphatic carbocycles. The van der Waals surface area contributed by atoms with Gasteiger partial charge in [-0.3, -0.25) is 0 Å². The number of rotatable bonds is 5. The van der Waals surface area contributed by atoms with Gasteiger partial charge < -0.3 is 4.90 Å².